The number of benzene rings is 2. The predicted octanol–water partition coefficient (Wildman–Crippen LogP) is 5.70. The summed E-state index contributed by atoms with van der Waals surface area (Å²) in [7, 11) is 0. The SMILES string of the molecule is Clc1ccc(CN2C[C@H]3CCCN4CCC[C@@H]([C@H]34)[C@H]2CCCCNCc2cccc3c2OCO3)cc1. The number of rotatable bonds is 9. The first kappa shape index (κ1) is 24.5. The molecule has 0 radical (unpaired) electrons. The molecule has 0 amide bonds. The van der Waals surface area contributed by atoms with Crippen molar-refractivity contribution in [2.24, 2.45) is 11.8 Å². The number of para-hydroxylation sites is 1. The zero-order valence-electron chi connectivity index (χ0n) is 21.3. The van der Waals surface area contributed by atoms with Gasteiger partial charge < -0.3 is 14.8 Å². The Balaban J connectivity index is 1.07. The van der Waals surface area contributed by atoms with Crippen LogP contribution in [0.15, 0.2) is 42.5 Å². The molecule has 4 heterocycles. The highest BCUT2D eigenvalue weighted by Crippen LogP contribution is 2.43. The molecule has 194 valence electrons. The van der Waals surface area contributed by atoms with Crippen LogP contribution >= 0.6 is 11.6 Å². The monoisotopic (exact) mass is 509 g/mol. The number of unbranched alkanes of at least 4 members (excludes halogenated alkanes) is 1. The highest BCUT2D eigenvalue weighted by Gasteiger charge is 2.48. The molecule has 1 N–H and O–H groups in total. The van der Waals surface area contributed by atoms with Gasteiger partial charge in [-0.1, -0.05) is 42.3 Å². The topological polar surface area (TPSA) is 37.0 Å². The van der Waals surface area contributed by atoms with Crippen LogP contribution in [-0.2, 0) is 13.1 Å². The van der Waals surface area contributed by atoms with E-state index in [0.717, 1.165) is 54.0 Å². The molecule has 2 aromatic carbocycles. The Kier molecular flexibility index (Phi) is 7.71. The highest BCUT2D eigenvalue weighted by atomic mass is 35.5. The first-order chi connectivity index (χ1) is 17.8. The average Bonchev–Trinajstić information content (AvgIpc) is 3.39. The van der Waals surface area contributed by atoms with Crippen LogP contribution in [-0.4, -0.2) is 54.9 Å². The highest BCUT2D eigenvalue weighted by molar-refractivity contribution is 6.30. The minimum atomic E-state index is 0.334. The number of likely N-dealkylation sites (tertiary alicyclic amines) is 1. The van der Waals surface area contributed by atoms with E-state index in [9.17, 15) is 0 Å². The number of nitrogens with zero attached hydrogens (tertiary/aromatic N) is 2. The molecule has 0 aliphatic carbocycles. The number of nitrogens with one attached hydrogen (secondary N) is 1. The van der Waals surface area contributed by atoms with Crippen LogP contribution < -0.4 is 14.8 Å². The van der Waals surface area contributed by atoms with Crippen molar-refractivity contribution in [3.8, 4) is 11.5 Å². The Bertz CT molecular complexity index is 1010. The molecule has 0 spiro atoms. The third kappa shape index (κ3) is 5.26. The first-order valence-corrected chi connectivity index (χ1v) is 14.4. The van der Waals surface area contributed by atoms with Gasteiger partial charge in [0, 0.05) is 42.3 Å². The lowest BCUT2D eigenvalue weighted by Crippen LogP contribution is -2.64. The fourth-order valence-electron chi connectivity index (χ4n) is 7.44. The van der Waals surface area contributed by atoms with E-state index in [1.165, 1.54) is 75.7 Å². The molecule has 0 unspecified atom stereocenters. The van der Waals surface area contributed by atoms with Crippen LogP contribution in [0, 0.1) is 11.8 Å². The lowest BCUT2D eigenvalue weighted by molar-refractivity contribution is -0.0811. The van der Waals surface area contributed by atoms with Crippen molar-refractivity contribution < 1.29 is 9.47 Å². The number of fused-ring (bicyclic) bond motifs is 1. The van der Waals surface area contributed by atoms with Crippen molar-refractivity contribution in [1.82, 2.24) is 15.1 Å². The van der Waals surface area contributed by atoms with Crippen LogP contribution in [0.5, 0.6) is 11.5 Å². The molecule has 0 bridgehead atoms. The fourth-order valence-corrected chi connectivity index (χ4v) is 7.57. The van der Waals surface area contributed by atoms with E-state index in [2.05, 4.69) is 39.4 Å². The summed E-state index contributed by atoms with van der Waals surface area (Å²) in [5.74, 6) is 3.44. The van der Waals surface area contributed by atoms with Crippen LogP contribution in [0.4, 0.5) is 0 Å². The van der Waals surface area contributed by atoms with Crippen LogP contribution in [0.2, 0.25) is 5.02 Å². The van der Waals surface area contributed by atoms with Crippen molar-refractivity contribution in [2.45, 2.75) is 70.1 Å². The maximum atomic E-state index is 6.18. The molecule has 6 heteroatoms. The lowest BCUT2D eigenvalue weighted by Gasteiger charge is -2.57. The molecule has 0 aromatic heterocycles. The molecular formula is C30H40ClN3O2. The number of hydrogen-bond donors (Lipinski definition) is 1. The zero-order valence-corrected chi connectivity index (χ0v) is 22.1. The Morgan fingerprint density at radius 1 is 0.972 bits per heavy atom. The van der Waals surface area contributed by atoms with Crippen molar-refractivity contribution in [2.75, 3.05) is 33.0 Å². The summed E-state index contributed by atoms with van der Waals surface area (Å²) in [6.07, 6.45) is 9.34. The van der Waals surface area contributed by atoms with Gasteiger partial charge in [0.2, 0.25) is 6.79 Å². The Morgan fingerprint density at radius 3 is 2.72 bits per heavy atom. The molecule has 2 aromatic rings. The lowest BCUT2D eigenvalue weighted by atomic mass is 9.69. The molecule has 3 saturated heterocycles. The molecule has 0 saturated carbocycles. The zero-order chi connectivity index (χ0) is 24.3. The average molecular weight is 510 g/mol. The molecule has 5 nitrogen and oxygen atoms in total. The summed E-state index contributed by atoms with van der Waals surface area (Å²) in [6, 6.07) is 16.2. The summed E-state index contributed by atoms with van der Waals surface area (Å²) < 4.78 is 11.2. The van der Waals surface area contributed by atoms with Gasteiger partial charge in [0.05, 0.1) is 0 Å². The van der Waals surface area contributed by atoms with E-state index in [1.54, 1.807) is 0 Å². The van der Waals surface area contributed by atoms with Crippen LogP contribution in [0.1, 0.15) is 56.1 Å². The molecule has 4 atom stereocenters. The van der Waals surface area contributed by atoms with Gasteiger partial charge in [0.1, 0.15) is 0 Å². The van der Waals surface area contributed by atoms with Crippen molar-refractivity contribution in [3.05, 3.63) is 58.6 Å². The largest absolute Gasteiger partial charge is 0.454 e. The van der Waals surface area contributed by atoms with Gasteiger partial charge in [0.25, 0.3) is 0 Å². The van der Waals surface area contributed by atoms with E-state index in [4.69, 9.17) is 21.1 Å². The van der Waals surface area contributed by atoms with Gasteiger partial charge in [-0.3, -0.25) is 9.80 Å². The van der Waals surface area contributed by atoms with E-state index < -0.39 is 0 Å². The molecule has 3 fully saturated rings. The van der Waals surface area contributed by atoms with Gasteiger partial charge in [-0.05, 0) is 93.8 Å². The quantitative estimate of drug-likeness (QED) is 0.438. The number of hydrogen-bond acceptors (Lipinski definition) is 5. The maximum Gasteiger partial charge on any atom is 0.231 e. The molecule has 4 aliphatic rings. The van der Waals surface area contributed by atoms with Gasteiger partial charge in [-0.15, -0.1) is 0 Å². The fraction of sp³-hybridized carbons (Fsp3) is 0.600. The Labute approximate surface area is 221 Å². The predicted molar refractivity (Wildman–Crippen MR) is 145 cm³/mol. The number of halogens is 1. The second-order valence-electron chi connectivity index (χ2n) is 11.2. The maximum absolute atomic E-state index is 6.18. The Hall–Kier alpha value is -1.79. The van der Waals surface area contributed by atoms with Crippen LogP contribution in [0.3, 0.4) is 0 Å². The molecule has 4 aliphatic heterocycles. The third-order valence-corrected chi connectivity index (χ3v) is 9.23. The summed E-state index contributed by atoms with van der Waals surface area (Å²) >= 11 is 6.18. The standard InChI is InChI=1S/C30H40ClN3O2/c31-25-13-11-22(12-14-25)19-34-20-24-7-4-16-33-17-5-8-26(29(24)33)27(34)9-1-2-15-32-18-23-6-3-10-28-30(23)36-21-35-28/h3,6,10-14,24,26-27,29,32H,1-2,4-5,7-9,15-21H2/t24-,26-,27-,29+/m1/s1. The minimum absolute atomic E-state index is 0.334. The van der Waals surface area contributed by atoms with E-state index in [0.29, 0.717) is 12.8 Å². The summed E-state index contributed by atoms with van der Waals surface area (Å²) in [5.41, 5.74) is 2.59. The second kappa shape index (κ2) is 11.3. The van der Waals surface area contributed by atoms with Gasteiger partial charge in [-0.2, -0.15) is 0 Å². The third-order valence-electron chi connectivity index (χ3n) is 8.97. The van der Waals surface area contributed by atoms with Crippen LogP contribution in [0.25, 0.3) is 0 Å². The minimum Gasteiger partial charge on any atom is -0.454 e. The van der Waals surface area contributed by atoms with Crippen molar-refractivity contribution in [3.63, 3.8) is 0 Å². The van der Waals surface area contributed by atoms with Gasteiger partial charge >= 0.3 is 0 Å². The summed E-state index contributed by atoms with van der Waals surface area (Å²) in [4.78, 5) is 5.71. The first-order valence-electron chi connectivity index (χ1n) is 14.1. The van der Waals surface area contributed by atoms with E-state index in [-0.39, 0.29) is 0 Å². The molecule has 36 heavy (non-hydrogen) atoms. The normalized spacial score (nSPS) is 27.7. The molecule has 6 rings (SSSR count). The van der Waals surface area contributed by atoms with E-state index in [1.807, 2.05) is 18.2 Å². The van der Waals surface area contributed by atoms with Crippen molar-refractivity contribution >= 4 is 11.6 Å². The number of ether oxygens (including phenoxy) is 2. The second-order valence-corrected chi connectivity index (χ2v) is 11.6. The van der Waals surface area contributed by atoms with Gasteiger partial charge in [-0.25, -0.2) is 0 Å². The van der Waals surface area contributed by atoms with E-state index >= 15 is 0 Å². The Morgan fingerprint density at radius 2 is 1.83 bits per heavy atom. The molecular weight excluding hydrogens is 470 g/mol. The van der Waals surface area contributed by atoms with Crippen molar-refractivity contribution in [1.29, 1.82) is 0 Å². The summed E-state index contributed by atoms with van der Waals surface area (Å²) in [5, 5.41) is 4.47. The number of piperidine rings is 3. The summed E-state index contributed by atoms with van der Waals surface area (Å²) in [6.45, 7) is 7.16. The smallest absolute Gasteiger partial charge is 0.231 e. The van der Waals surface area contributed by atoms with Gasteiger partial charge in [0.15, 0.2) is 11.5 Å².